The molecule has 1 amide bonds. The van der Waals surface area contributed by atoms with Crippen molar-refractivity contribution in [3.8, 4) is 16.9 Å². The first kappa shape index (κ1) is 31.0. The van der Waals surface area contributed by atoms with Crippen molar-refractivity contribution in [1.82, 2.24) is 0 Å². The van der Waals surface area contributed by atoms with Gasteiger partial charge in [0.15, 0.2) is 11.6 Å². The number of halogens is 3. The second-order valence-electron chi connectivity index (χ2n) is 10.6. The fourth-order valence-electron chi connectivity index (χ4n) is 4.21. The maximum absolute atomic E-state index is 13.8. The Morgan fingerprint density at radius 3 is 2.16 bits per heavy atom. The van der Waals surface area contributed by atoms with Gasteiger partial charge in [-0.2, -0.15) is 5.01 Å². The van der Waals surface area contributed by atoms with E-state index in [1.807, 2.05) is 0 Å². The molecule has 0 saturated carbocycles. The molecule has 0 spiro atoms. The monoisotopic (exact) mass is 592 g/mol. The van der Waals surface area contributed by atoms with Crippen molar-refractivity contribution in [2.75, 3.05) is 17.5 Å². The number of benzene rings is 4. The molecule has 224 valence electrons. The highest BCUT2D eigenvalue weighted by Gasteiger charge is 2.27. The lowest BCUT2D eigenvalue weighted by Gasteiger charge is -2.29. The van der Waals surface area contributed by atoms with Crippen molar-refractivity contribution < 1.29 is 37.0 Å². The Morgan fingerprint density at radius 1 is 0.884 bits per heavy atom. The van der Waals surface area contributed by atoms with Crippen molar-refractivity contribution in [2.45, 2.75) is 39.9 Å². The van der Waals surface area contributed by atoms with Crippen LogP contribution in [0.3, 0.4) is 0 Å². The number of nitrogens with zero attached hydrogens (tertiary/aromatic N) is 1. The van der Waals surface area contributed by atoms with Crippen LogP contribution in [0, 0.1) is 24.4 Å². The third-order valence-electron chi connectivity index (χ3n) is 6.27. The summed E-state index contributed by atoms with van der Waals surface area (Å²) in [6, 6.07) is 19.1. The number of anilines is 2. The molecule has 0 aliphatic carbocycles. The molecule has 4 rings (SSSR count). The highest BCUT2D eigenvalue weighted by molar-refractivity contribution is 5.99. The predicted octanol–water partition coefficient (Wildman–Crippen LogP) is 8.21. The largest absolute Gasteiger partial charge is 0.489 e. The average molecular weight is 593 g/mol. The van der Waals surface area contributed by atoms with Crippen LogP contribution in [0.1, 0.15) is 42.3 Å². The molecular weight excluding hydrogens is 561 g/mol. The van der Waals surface area contributed by atoms with Crippen LogP contribution in [0.4, 0.5) is 29.3 Å². The second-order valence-corrected chi connectivity index (χ2v) is 10.6. The molecule has 4 aromatic carbocycles. The summed E-state index contributed by atoms with van der Waals surface area (Å²) in [6.07, 6.45) is -0.797. The normalized spacial score (nSPS) is 11.1. The summed E-state index contributed by atoms with van der Waals surface area (Å²) in [5, 5.41) is 1.06. The number of aryl methyl sites for hydroxylation is 1. The minimum absolute atomic E-state index is 0.0394. The van der Waals surface area contributed by atoms with Gasteiger partial charge < -0.3 is 14.2 Å². The first-order valence-corrected chi connectivity index (χ1v) is 13.3. The van der Waals surface area contributed by atoms with Crippen LogP contribution >= 0.6 is 0 Å². The summed E-state index contributed by atoms with van der Waals surface area (Å²) in [7, 11) is 1.23. The number of carbonyl (C=O) groups excluding carboxylic acids is 2. The number of hydrogen-bond donors (Lipinski definition) is 1. The molecule has 10 heteroatoms. The summed E-state index contributed by atoms with van der Waals surface area (Å²) in [5.74, 6) is -2.56. The van der Waals surface area contributed by atoms with Gasteiger partial charge in [0.25, 0.3) is 0 Å². The average Bonchev–Trinajstić information content (AvgIpc) is 2.96. The Morgan fingerprint density at radius 2 is 1.53 bits per heavy atom. The summed E-state index contributed by atoms with van der Waals surface area (Å²) < 4.78 is 57.6. The standard InChI is InChI=1S/C33H31F3N2O5/c1-20-17-28(35)29(36)18-27(20)21-9-15-25(16-10-21)42-19-22-7-6-8-26(31(39)41-5)30(22)37-38(32(40)43-33(2,3)4)24-13-11-23(34)12-14-24/h6-18,37H,19H2,1-5H3. The fraction of sp³-hybridized carbons (Fsp3) is 0.212. The molecular formula is C33H31F3N2O5. The first-order valence-electron chi connectivity index (χ1n) is 13.3. The Bertz CT molecular complexity index is 1620. The molecule has 0 fully saturated rings. The molecule has 0 aliphatic rings. The van der Waals surface area contributed by atoms with E-state index in [1.165, 1.54) is 37.4 Å². The van der Waals surface area contributed by atoms with E-state index >= 15 is 0 Å². The van der Waals surface area contributed by atoms with Gasteiger partial charge in [-0.1, -0.05) is 24.3 Å². The van der Waals surface area contributed by atoms with E-state index in [0.29, 0.717) is 28.0 Å². The molecule has 0 aliphatic heterocycles. The number of para-hydroxylation sites is 1. The van der Waals surface area contributed by atoms with Gasteiger partial charge in [0, 0.05) is 5.56 Å². The number of rotatable bonds is 8. The van der Waals surface area contributed by atoms with Crippen molar-refractivity contribution in [1.29, 1.82) is 0 Å². The lowest BCUT2D eigenvalue weighted by atomic mass is 10.0. The third-order valence-corrected chi connectivity index (χ3v) is 6.27. The number of ether oxygens (including phenoxy) is 3. The van der Waals surface area contributed by atoms with Crippen LogP contribution in [0.5, 0.6) is 5.75 Å². The minimum atomic E-state index is -0.937. The smallest absolute Gasteiger partial charge is 0.433 e. The molecule has 0 atom stereocenters. The van der Waals surface area contributed by atoms with Gasteiger partial charge in [-0.05, 0) is 99.0 Å². The zero-order chi connectivity index (χ0) is 31.3. The molecule has 0 saturated heterocycles. The van der Waals surface area contributed by atoms with Gasteiger partial charge in [-0.25, -0.2) is 22.8 Å². The van der Waals surface area contributed by atoms with Crippen LogP contribution < -0.4 is 15.2 Å². The molecule has 0 unspecified atom stereocenters. The quantitative estimate of drug-likeness (QED) is 0.164. The zero-order valence-corrected chi connectivity index (χ0v) is 24.3. The number of amides is 1. The van der Waals surface area contributed by atoms with Gasteiger partial charge in [0.1, 0.15) is 23.8 Å². The van der Waals surface area contributed by atoms with Crippen LogP contribution in [-0.2, 0) is 16.1 Å². The maximum Gasteiger partial charge on any atom is 0.433 e. The third kappa shape index (κ3) is 7.65. The molecule has 1 N–H and O–H groups in total. The van der Waals surface area contributed by atoms with E-state index in [2.05, 4.69) is 5.43 Å². The predicted molar refractivity (Wildman–Crippen MR) is 157 cm³/mol. The number of nitrogens with one attached hydrogen (secondary N) is 1. The summed E-state index contributed by atoms with van der Waals surface area (Å²) >= 11 is 0. The SMILES string of the molecule is COC(=O)c1cccc(COc2ccc(-c3cc(F)c(F)cc3C)cc2)c1NN(C(=O)OC(C)(C)C)c1ccc(F)cc1. The Balaban J connectivity index is 1.65. The molecule has 0 aromatic heterocycles. The number of esters is 1. The first-order chi connectivity index (χ1) is 20.4. The topological polar surface area (TPSA) is 77.1 Å². The fourth-order valence-corrected chi connectivity index (χ4v) is 4.21. The molecule has 7 nitrogen and oxygen atoms in total. The van der Waals surface area contributed by atoms with Crippen molar-refractivity contribution >= 4 is 23.4 Å². The zero-order valence-electron chi connectivity index (χ0n) is 24.3. The number of methoxy groups -OCH3 is 1. The van der Waals surface area contributed by atoms with Gasteiger partial charge in [-0.15, -0.1) is 0 Å². The number of carbonyl (C=O) groups is 2. The van der Waals surface area contributed by atoms with Gasteiger partial charge in [-0.3, -0.25) is 5.43 Å². The molecule has 43 heavy (non-hydrogen) atoms. The number of hydrogen-bond acceptors (Lipinski definition) is 6. The number of hydrazine groups is 1. The minimum Gasteiger partial charge on any atom is -0.489 e. The molecule has 0 heterocycles. The van der Waals surface area contributed by atoms with E-state index in [0.717, 1.165) is 17.1 Å². The van der Waals surface area contributed by atoms with Crippen molar-refractivity contribution in [3.63, 3.8) is 0 Å². The summed E-state index contributed by atoms with van der Waals surface area (Å²) in [5.41, 5.74) is 4.97. The van der Waals surface area contributed by atoms with Crippen LogP contribution in [0.25, 0.3) is 11.1 Å². The Labute approximate surface area is 247 Å². The van der Waals surface area contributed by atoms with E-state index in [-0.39, 0.29) is 23.5 Å². The van der Waals surface area contributed by atoms with Crippen LogP contribution in [0.15, 0.2) is 78.9 Å². The van der Waals surface area contributed by atoms with E-state index in [9.17, 15) is 22.8 Å². The van der Waals surface area contributed by atoms with Crippen LogP contribution in [-0.4, -0.2) is 24.8 Å². The van der Waals surface area contributed by atoms with E-state index in [1.54, 1.807) is 64.1 Å². The lowest BCUT2D eigenvalue weighted by Crippen LogP contribution is -2.41. The molecule has 0 bridgehead atoms. The van der Waals surface area contributed by atoms with Gasteiger partial charge in [0.2, 0.25) is 0 Å². The summed E-state index contributed by atoms with van der Waals surface area (Å²) in [4.78, 5) is 26.0. The Kier molecular flexibility index (Phi) is 9.28. The lowest BCUT2D eigenvalue weighted by molar-refractivity contribution is 0.0578. The highest BCUT2D eigenvalue weighted by atomic mass is 19.2. The maximum atomic E-state index is 13.8. The van der Waals surface area contributed by atoms with E-state index < -0.39 is 35.1 Å². The van der Waals surface area contributed by atoms with E-state index in [4.69, 9.17) is 14.2 Å². The van der Waals surface area contributed by atoms with Crippen molar-refractivity contribution in [2.24, 2.45) is 0 Å². The van der Waals surface area contributed by atoms with Crippen molar-refractivity contribution in [3.05, 3.63) is 113 Å². The molecule has 4 aromatic rings. The van der Waals surface area contributed by atoms with Gasteiger partial charge in [0.05, 0.1) is 24.0 Å². The second kappa shape index (κ2) is 12.9. The van der Waals surface area contributed by atoms with Crippen LogP contribution in [0.2, 0.25) is 0 Å². The highest BCUT2D eigenvalue weighted by Crippen LogP contribution is 2.30. The Hall–Kier alpha value is -4.99. The summed E-state index contributed by atoms with van der Waals surface area (Å²) in [6.45, 7) is 6.76. The molecule has 0 radical (unpaired) electrons. The van der Waals surface area contributed by atoms with Gasteiger partial charge >= 0.3 is 12.1 Å².